The molecule has 5 nitrogen and oxygen atoms in total. The predicted octanol–water partition coefficient (Wildman–Crippen LogP) is 2.91. The Kier molecular flexibility index (Phi) is 4.08. The number of carbonyl (C=O) groups excluding carboxylic acids is 1. The fourth-order valence-corrected chi connectivity index (χ4v) is 2.46. The molecule has 0 aromatic carbocycles. The number of pyridine rings is 1. The van der Waals surface area contributed by atoms with Gasteiger partial charge in [-0.3, -0.25) is 9.78 Å². The number of halogens is 3. The molecule has 0 bridgehead atoms. The van der Waals surface area contributed by atoms with Gasteiger partial charge in [-0.05, 0) is 18.2 Å². The molecule has 0 radical (unpaired) electrons. The summed E-state index contributed by atoms with van der Waals surface area (Å²) in [5.41, 5.74) is -1.45. The summed E-state index contributed by atoms with van der Waals surface area (Å²) >= 11 is 0. The third kappa shape index (κ3) is 3.21. The third-order valence-corrected chi connectivity index (χ3v) is 3.57. The number of alkyl halides is 3. The average Bonchev–Trinajstić information content (AvgIpc) is 3.08. The Bertz CT molecular complexity index is 686. The number of carbonyl (C=O) groups is 1. The van der Waals surface area contributed by atoms with Gasteiger partial charge >= 0.3 is 6.18 Å². The van der Waals surface area contributed by atoms with Crippen LogP contribution in [0.5, 0.6) is 0 Å². The molecule has 1 saturated heterocycles. The van der Waals surface area contributed by atoms with Crippen LogP contribution in [0.15, 0.2) is 41.3 Å². The van der Waals surface area contributed by atoms with Gasteiger partial charge in [-0.1, -0.05) is 0 Å². The molecule has 122 valence electrons. The van der Waals surface area contributed by atoms with Crippen LogP contribution in [0.1, 0.15) is 27.8 Å². The molecular weight excluding hydrogens is 313 g/mol. The van der Waals surface area contributed by atoms with E-state index >= 15 is 0 Å². The fraction of sp³-hybridized carbons (Fsp3) is 0.333. The zero-order valence-electron chi connectivity index (χ0n) is 11.9. The highest BCUT2D eigenvalue weighted by Crippen LogP contribution is 2.32. The molecular formula is C15H13F3N2O3. The summed E-state index contributed by atoms with van der Waals surface area (Å²) in [7, 11) is 0. The van der Waals surface area contributed by atoms with Crippen molar-refractivity contribution < 1.29 is 27.1 Å². The summed E-state index contributed by atoms with van der Waals surface area (Å²) in [5, 5.41) is 0. The minimum atomic E-state index is -4.63. The number of furan rings is 1. The molecule has 1 atom stereocenters. The van der Waals surface area contributed by atoms with Crippen LogP contribution in [0.2, 0.25) is 0 Å². The predicted molar refractivity (Wildman–Crippen MR) is 72.5 cm³/mol. The van der Waals surface area contributed by atoms with Crippen molar-refractivity contribution in [1.29, 1.82) is 0 Å². The van der Waals surface area contributed by atoms with Crippen molar-refractivity contribution in [2.24, 2.45) is 0 Å². The molecule has 23 heavy (non-hydrogen) atoms. The molecule has 2 aromatic heterocycles. The van der Waals surface area contributed by atoms with Crippen LogP contribution in [0.3, 0.4) is 0 Å². The second-order valence-electron chi connectivity index (χ2n) is 5.05. The van der Waals surface area contributed by atoms with Crippen LogP contribution in [-0.2, 0) is 10.9 Å². The Labute approximate surface area is 129 Å². The van der Waals surface area contributed by atoms with E-state index in [2.05, 4.69) is 4.98 Å². The number of hydrogen-bond donors (Lipinski definition) is 0. The molecule has 1 fully saturated rings. The van der Waals surface area contributed by atoms with E-state index in [-0.39, 0.29) is 19.7 Å². The molecule has 0 saturated carbocycles. The Morgan fingerprint density at radius 3 is 2.87 bits per heavy atom. The number of amides is 1. The second-order valence-corrected chi connectivity index (χ2v) is 5.05. The van der Waals surface area contributed by atoms with Crippen molar-refractivity contribution in [2.45, 2.75) is 12.3 Å². The van der Waals surface area contributed by atoms with Gasteiger partial charge in [-0.25, -0.2) is 0 Å². The first-order chi connectivity index (χ1) is 11.0. The summed E-state index contributed by atoms with van der Waals surface area (Å²) in [6.45, 7) is 0.575. The van der Waals surface area contributed by atoms with Gasteiger partial charge in [0.2, 0.25) is 0 Å². The quantitative estimate of drug-likeness (QED) is 0.851. The van der Waals surface area contributed by atoms with Crippen LogP contribution < -0.4 is 0 Å². The van der Waals surface area contributed by atoms with Crippen molar-refractivity contribution in [3.8, 4) is 0 Å². The standard InChI is InChI=1S/C15H13F3N2O3/c16-15(17,18)11-8-19-4-3-10(11)14(21)20-5-7-23-13(9-20)12-2-1-6-22-12/h1-4,6,8,13H,5,7,9H2. The highest BCUT2D eigenvalue weighted by atomic mass is 19.4. The molecule has 1 amide bonds. The molecule has 1 aliphatic heterocycles. The highest BCUT2D eigenvalue weighted by Gasteiger charge is 2.37. The first kappa shape index (κ1) is 15.5. The van der Waals surface area contributed by atoms with Crippen LogP contribution in [0.4, 0.5) is 13.2 Å². The van der Waals surface area contributed by atoms with Crippen LogP contribution >= 0.6 is 0 Å². The van der Waals surface area contributed by atoms with Gasteiger partial charge in [0.15, 0.2) is 0 Å². The molecule has 0 aliphatic carbocycles. The van der Waals surface area contributed by atoms with Gasteiger partial charge in [0.1, 0.15) is 11.9 Å². The Morgan fingerprint density at radius 2 is 2.17 bits per heavy atom. The lowest BCUT2D eigenvalue weighted by Crippen LogP contribution is -2.42. The number of morpholine rings is 1. The topological polar surface area (TPSA) is 55.6 Å². The first-order valence-corrected chi connectivity index (χ1v) is 6.92. The first-order valence-electron chi connectivity index (χ1n) is 6.92. The van der Waals surface area contributed by atoms with E-state index in [0.29, 0.717) is 12.0 Å². The lowest BCUT2D eigenvalue weighted by Gasteiger charge is -2.32. The number of aromatic nitrogens is 1. The Balaban J connectivity index is 1.83. The third-order valence-electron chi connectivity index (χ3n) is 3.57. The van der Waals surface area contributed by atoms with E-state index in [1.54, 1.807) is 12.1 Å². The van der Waals surface area contributed by atoms with Crippen molar-refractivity contribution in [2.75, 3.05) is 19.7 Å². The van der Waals surface area contributed by atoms with Gasteiger partial charge in [-0.15, -0.1) is 0 Å². The van der Waals surface area contributed by atoms with Crippen molar-refractivity contribution in [3.05, 3.63) is 53.7 Å². The molecule has 3 rings (SSSR count). The lowest BCUT2D eigenvalue weighted by molar-refractivity contribution is -0.138. The molecule has 3 heterocycles. The van der Waals surface area contributed by atoms with Gasteiger partial charge in [0, 0.05) is 18.9 Å². The minimum absolute atomic E-state index is 0.131. The number of rotatable bonds is 2. The fourth-order valence-electron chi connectivity index (χ4n) is 2.46. The van der Waals surface area contributed by atoms with Gasteiger partial charge in [0.05, 0.1) is 30.5 Å². The normalized spacial score (nSPS) is 18.9. The number of nitrogens with zero attached hydrogens (tertiary/aromatic N) is 2. The minimum Gasteiger partial charge on any atom is -0.467 e. The van der Waals surface area contributed by atoms with Gasteiger partial charge in [-0.2, -0.15) is 13.2 Å². The lowest BCUT2D eigenvalue weighted by atomic mass is 10.1. The summed E-state index contributed by atoms with van der Waals surface area (Å²) < 4.78 is 49.8. The Morgan fingerprint density at radius 1 is 1.35 bits per heavy atom. The van der Waals surface area contributed by atoms with Crippen molar-refractivity contribution in [1.82, 2.24) is 9.88 Å². The summed E-state index contributed by atoms with van der Waals surface area (Å²) in [4.78, 5) is 17.3. The van der Waals surface area contributed by atoms with Crippen molar-refractivity contribution in [3.63, 3.8) is 0 Å². The van der Waals surface area contributed by atoms with E-state index in [4.69, 9.17) is 9.15 Å². The maximum Gasteiger partial charge on any atom is 0.418 e. The van der Waals surface area contributed by atoms with Gasteiger partial charge in [0.25, 0.3) is 5.91 Å². The smallest absolute Gasteiger partial charge is 0.418 e. The molecule has 1 aliphatic rings. The van der Waals surface area contributed by atoms with Crippen LogP contribution in [0, 0.1) is 0 Å². The number of ether oxygens (including phenoxy) is 1. The van der Waals surface area contributed by atoms with Crippen molar-refractivity contribution >= 4 is 5.91 Å². The molecule has 2 aromatic rings. The summed E-state index contributed by atoms with van der Waals surface area (Å²) in [6.07, 6.45) is -1.81. The monoisotopic (exact) mass is 326 g/mol. The summed E-state index contributed by atoms with van der Waals surface area (Å²) in [6, 6.07) is 4.47. The SMILES string of the molecule is O=C(c1ccncc1C(F)(F)F)N1CCOC(c2ccco2)C1. The average molecular weight is 326 g/mol. The van der Waals surface area contributed by atoms with E-state index in [0.717, 1.165) is 6.07 Å². The van der Waals surface area contributed by atoms with E-state index in [9.17, 15) is 18.0 Å². The molecule has 8 heteroatoms. The van der Waals surface area contributed by atoms with E-state index < -0.39 is 29.3 Å². The van der Waals surface area contributed by atoms with Gasteiger partial charge < -0.3 is 14.1 Å². The second kappa shape index (κ2) is 6.04. The largest absolute Gasteiger partial charge is 0.467 e. The maximum atomic E-state index is 13.0. The molecule has 0 spiro atoms. The number of hydrogen-bond acceptors (Lipinski definition) is 4. The zero-order valence-corrected chi connectivity index (χ0v) is 11.9. The molecule has 1 unspecified atom stereocenters. The van der Waals surface area contributed by atoms with Crippen LogP contribution in [-0.4, -0.2) is 35.5 Å². The zero-order chi connectivity index (χ0) is 16.4. The van der Waals surface area contributed by atoms with E-state index in [1.165, 1.54) is 17.4 Å². The molecule has 0 N–H and O–H groups in total. The van der Waals surface area contributed by atoms with E-state index in [1.807, 2.05) is 0 Å². The Hall–Kier alpha value is -2.35. The maximum absolute atomic E-state index is 13.0. The summed E-state index contributed by atoms with van der Waals surface area (Å²) in [5.74, 6) is -0.159. The van der Waals surface area contributed by atoms with Crippen LogP contribution in [0.25, 0.3) is 0 Å². The highest BCUT2D eigenvalue weighted by molar-refractivity contribution is 5.95.